The van der Waals surface area contributed by atoms with Crippen molar-refractivity contribution in [3.05, 3.63) is 24.3 Å². The lowest BCUT2D eigenvalue weighted by Crippen LogP contribution is -1.84. The van der Waals surface area contributed by atoms with Crippen molar-refractivity contribution < 1.29 is 9.90 Å². The maximum Gasteiger partial charge on any atom is 0.328 e. The lowest BCUT2D eigenvalue weighted by Gasteiger charge is -1.97. The van der Waals surface area contributed by atoms with Gasteiger partial charge in [-0.25, -0.2) is 4.79 Å². The molecule has 0 atom stereocenters. The minimum Gasteiger partial charge on any atom is -0.478 e. The van der Waals surface area contributed by atoms with Gasteiger partial charge in [0.1, 0.15) is 0 Å². The Balaban J connectivity index is 3.20. The fourth-order valence-electron chi connectivity index (χ4n) is 1.36. The van der Waals surface area contributed by atoms with Gasteiger partial charge in [-0.3, -0.25) is 0 Å². The molecule has 0 aliphatic rings. The van der Waals surface area contributed by atoms with Crippen LogP contribution in [0.2, 0.25) is 0 Å². The Morgan fingerprint density at radius 3 is 2.40 bits per heavy atom. The SMILES string of the molecule is CCCCCCCC/C=C/C=C/C(=O)O. The van der Waals surface area contributed by atoms with E-state index in [-0.39, 0.29) is 0 Å². The highest BCUT2D eigenvalue weighted by Crippen LogP contribution is 2.06. The Morgan fingerprint density at radius 1 is 1.07 bits per heavy atom. The van der Waals surface area contributed by atoms with Gasteiger partial charge in [0.15, 0.2) is 0 Å². The third-order valence-electron chi connectivity index (χ3n) is 2.21. The number of unbranched alkanes of at least 4 members (excludes halogenated alkanes) is 6. The van der Waals surface area contributed by atoms with Crippen LogP contribution >= 0.6 is 0 Å². The van der Waals surface area contributed by atoms with Crippen molar-refractivity contribution in [3.8, 4) is 0 Å². The highest BCUT2D eigenvalue weighted by Gasteiger charge is 1.87. The predicted octanol–water partition coefficient (Wildman–Crippen LogP) is 3.93. The second-order valence-corrected chi connectivity index (χ2v) is 3.68. The van der Waals surface area contributed by atoms with Crippen molar-refractivity contribution in [2.24, 2.45) is 0 Å². The maximum atomic E-state index is 10.1. The molecule has 0 saturated carbocycles. The molecule has 0 bridgehead atoms. The summed E-state index contributed by atoms with van der Waals surface area (Å²) >= 11 is 0. The second kappa shape index (κ2) is 11.0. The molecule has 1 N–H and O–H groups in total. The molecule has 0 heterocycles. The fraction of sp³-hybridized carbons (Fsp3) is 0.615. The van der Waals surface area contributed by atoms with E-state index in [1.165, 1.54) is 38.5 Å². The molecule has 0 unspecified atom stereocenters. The van der Waals surface area contributed by atoms with Crippen molar-refractivity contribution in [1.82, 2.24) is 0 Å². The Hall–Kier alpha value is -1.05. The summed E-state index contributed by atoms with van der Waals surface area (Å²) < 4.78 is 0. The molecule has 0 aromatic rings. The highest BCUT2D eigenvalue weighted by atomic mass is 16.4. The van der Waals surface area contributed by atoms with E-state index in [1.54, 1.807) is 12.2 Å². The Labute approximate surface area is 92.7 Å². The summed E-state index contributed by atoms with van der Waals surface area (Å²) in [5.41, 5.74) is 0. The van der Waals surface area contributed by atoms with Crippen molar-refractivity contribution in [2.75, 3.05) is 0 Å². The standard InChI is InChI=1S/C13H22O2/c1-2-3-4-5-6-7-8-9-10-11-12-13(14)15/h9-12H,2-8H2,1H3,(H,14,15)/b10-9+,12-11+. The Kier molecular flexibility index (Phi) is 10.3. The lowest BCUT2D eigenvalue weighted by molar-refractivity contribution is -0.131. The predicted molar refractivity (Wildman–Crippen MR) is 63.9 cm³/mol. The van der Waals surface area contributed by atoms with E-state index in [1.807, 2.05) is 6.08 Å². The average molecular weight is 210 g/mol. The zero-order valence-corrected chi connectivity index (χ0v) is 9.61. The van der Waals surface area contributed by atoms with Gasteiger partial charge in [-0.15, -0.1) is 0 Å². The van der Waals surface area contributed by atoms with E-state index in [4.69, 9.17) is 5.11 Å². The van der Waals surface area contributed by atoms with Crippen molar-refractivity contribution in [2.45, 2.75) is 51.9 Å². The molecule has 86 valence electrons. The van der Waals surface area contributed by atoms with Gasteiger partial charge in [0.05, 0.1) is 0 Å². The maximum absolute atomic E-state index is 10.1. The number of rotatable bonds is 9. The molecule has 0 aromatic heterocycles. The summed E-state index contributed by atoms with van der Waals surface area (Å²) in [6, 6.07) is 0. The van der Waals surface area contributed by atoms with Crippen LogP contribution in [-0.2, 0) is 4.79 Å². The number of hydrogen-bond donors (Lipinski definition) is 1. The molecular weight excluding hydrogens is 188 g/mol. The van der Waals surface area contributed by atoms with Gasteiger partial charge < -0.3 is 5.11 Å². The van der Waals surface area contributed by atoms with Crippen LogP contribution in [0.4, 0.5) is 0 Å². The summed E-state index contributed by atoms with van der Waals surface area (Å²) in [5.74, 6) is -0.890. The highest BCUT2D eigenvalue weighted by molar-refractivity contribution is 5.80. The van der Waals surface area contributed by atoms with E-state index in [0.717, 1.165) is 12.5 Å². The summed E-state index contributed by atoms with van der Waals surface area (Å²) in [6.07, 6.45) is 15.4. The lowest BCUT2D eigenvalue weighted by atomic mass is 10.1. The Morgan fingerprint density at radius 2 is 1.73 bits per heavy atom. The molecule has 0 aliphatic carbocycles. The summed E-state index contributed by atoms with van der Waals surface area (Å²) in [7, 11) is 0. The third kappa shape index (κ3) is 12.9. The van der Waals surface area contributed by atoms with Gasteiger partial charge in [-0.1, -0.05) is 57.3 Å². The van der Waals surface area contributed by atoms with Crippen molar-refractivity contribution >= 4 is 5.97 Å². The minimum absolute atomic E-state index is 0.890. The van der Waals surface area contributed by atoms with Gasteiger partial charge in [-0.05, 0) is 12.8 Å². The van der Waals surface area contributed by atoms with Gasteiger partial charge >= 0.3 is 5.97 Å². The normalized spacial score (nSPS) is 11.5. The minimum atomic E-state index is -0.890. The molecule has 0 aliphatic heterocycles. The van der Waals surface area contributed by atoms with E-state index < -0.39 is 5.97 Å². The first-order chi connectivity index (χ1) is 7.27. The van der Waals surface area contributed by atoms with E-state index >= 15 is 0 Å². The summed E-state index contributed by atoms with van der Waals surface area (Å²) in [5, 5.41) is 8.32. The van der Waals surface area contributed by atoms with Crippen LogP contribution in [0.15, 0.2) is 24.3 Å². The second-order valence-electron chi connectivity index (χ2n) is 3.68. The van der Waals surface area contributed by atoms with Crippen molar-refractivity contribution in [3.63, 3.8) is 0 Å². The molecular formula is C13H22O2. The largest absolute Gasteiger partial charge is 0.478 e. The quantitative estimate of drug-likeness (QED) is 0.355. The van der Waals surface area contributed by atoms with Gasteiger partial charge in [0, 0.05) is 6.08 Å². The monoisotopic (exact) mass is 210 g/mol. The first-order valence-electron chi connectivity index (χ1n) is 5.83. The number of carboxylic acids is 1. The first kappa shape index (κ1) is 13.9. The molecule has 2 heteroatoms. The zero-order valence-electron chi connectivity index (χ0n) is 9.61. The zero-order chi connectivity index (χ0) is 11.4. The average Bonchev–Trinajstić information content (AvgIpc) is 2.20. The molecule has 0 rings (SSSR count). The smallest absolute Gasteiger partial charge is 0.328 e. The van der Waals surface area contributed by atoms with E-state index in [9.17, 15) is 4.79 Å². The van der Waals surface area contributed by atoms with Crippen LogP contribution in [0.5, 0.6) is 0 Å². The number of allylic oxidation sites excluding steroid dienone is 3. The van der Waals surface area contributed by atoms with Gasteiger partial charge in [0.2, 0.25) is 0 Å². The van der Waals surface area contributed by atoms with Crippen LogP contribution in [0.3, 0.4) is 0 Å². The molecule has 2 nitrogen and oxygen atoms in total. The number of aliphatic carboxylic acids is 1. The van der Waals surface area contributed by atoms with E-state index in [2.05, 4.69) is 6.92 Å². The number of hydrogen-bond acceptors (Lipinski definition) is 1. The molecule has 0 saturated heterocycles. The van der Waals surface area contributed by atoms with Gasteiger partial charge in [-0.2, -0.15) is 0 Å². The van der Waals surface area contributed by atoms with Crippen LogP contribution in [0.25, 0.3) is 0 Å². The van der Waals surface area contributed by atoms with Crippen LogP contribution in [-0.4, -0.2) is 11.1 Å². The summed E-state index contributed by atoms with van der Waals surface area (Å²) in [6.45, 7) is 2.22. The van der Waals surface area contributed by atoms with Gasteiger partial charge in [0.25, 0.3) is 0 Å². The van der Waals surface area contributed by atoms with Crippen LogP contribution in [0.1, 0.15) is 51.9 Å². The number of carbonyl (C=O) groups is 1. The van der Waals surface area contributed by atoms with Crippen LogP contribution in [0, 0.1) is 0 Å². The van der Waals surface area contributed by atoms with Crippen LogP contribution < -0.4 is 0 Å². The molecule has 15 heavy (non-hydrogen) atoms. The molecule has 0 amide bonds. The summed E-state index contributed by atoms with van der Waals surface area (Å²) in [4.78, 5) is 10.1. The third-order valence-corrected chi connectivity index (χ3v) is 2.21. The Bertz CT molecular complexity index is 205. The van der Waals surface area contributed by atoms with E-state index in [0.29, 0.717) is 0 Å². The topological polar surface area (TPSA) is 37.3 Å². The molecule has 0 spiro atoms. The first-order valence-corrected chi connectivity index (χ1v) is 5.83. The fourth-order valence-corrected chi connectivity index (χ4v) is 1.36. The van der Waals surface area contributed by atoms with Crippen molar-refractivity contribution in [1.29, 1.82) is 0 Å². The molecule has 0 fully saturated rings. The molecule has 0 radical (unpaired) electrons. The number of carboxylic acid groups (broad SMARTS) is 1. The molecule has 0 aromatic carbocycles.